The van der Waals surface area contributed by atoms with E-state index in [9.17, 15) is 35.4 Å². The van der Waals surface area contributed by atoms with Crippen LogP contribution < -0.4 is 11.6 Å². The number of aromatic hydroxyl groups is 1. The molecule has 9 atom stereocenters. The molecule has 0 radical (unpaired) electrons. The van der Waals surface area contributed by atoms with Gasteiger partial charge in [0.25, 0.3) is 0 Å². The molecule has 1 aromatic carbocycles. The van der Waals surface area contributed by atoms with Crippen LogP contribution in [0.2, 0.25) is 0 Å². The molecule has 18 nitrogen and oxygen atoms in total. The molecule has 2 fully saturated rings. The highest BCUT2D eigenvalue weighted by molar-refractivity contribution is 5.93. The highest BCUT2D eigenvalue weighted by Crippen LogP contribution is 2.38. The van der Waals surface area contributed by atoms with Crippen LogP contribution in [0.15, 0.2) is 24.0 Å². The van der Waals surface area contributed by atoms with Gasteiger partial charge in [0, 0.05) is 30.4 Å². The highest BCUT2D eigenvalue weighted by Gasteiger charge is 2.48. The minimum Gasteiger partial charge on any atom is -0.507 e. The number of phenolic OH excluding ortho intramolecular Hbond substituents is 1. The number of hydrazine groups is 1. The molecular weight excluding hydrogens is 931 g/mol. The standard InChI is InChI=1S/C54H97N3O15/c1-10-12-14-16-18-20-22-24-26-65-34-54(9,35-66-27-25-23-21-19-17-15-13-11-2)36-67-32-38(55)30-57(56)31-41-44(59)45(60)46(61)50(69-41)72-51-49(64)71-48(63)42(70-51)33-68-47(62)39-28-37(52(3,4)5)29-40(43(39)58)53(6,7)8/h28-30,41-42,44-46,48-51,58-61,63-64H,10-27,31-36,55-56H2,1-9H3/b38-30-/t41?,42?,44?,45?,46?,48?,49-,50?,51?/m1/s1. The summed E-state index contributed by atoms with van der Waals surface area (Å²) in [4.78, 5) is 13.4. The van der Waals surface area contributed by atoms with Crippen molar-refractivity contribution in [2.75, 3.05) is 52.8 Å². The number of esters is 1. The molecule has 8 unspecified atom stereocenters. The Hall–Kier alpha value is -2.69. The van der Waals surface area contributed by atoms with Crippen LogP contribution in [0.4, 0.5) is 0 Å². The normalized spacial score (nSPS) is 24.4. The van der Waals surface area contributed by atoms with Gasteiger partial charge in [0.05, 0.1) is 38.7 Å². The van der Waals surface area contributed by atoms with E-state index in [0.717, 1.165) is 36.3 Å². The van der Waals surface area contributed by atoms with Crippen LogP contribution in [-0.2, 0) is 48.7 Å². The minimum atomic E-state index is -1.93. The fraction of sp³-hybridized carbons (Fsp3) is 0.833. The van der Waals surface area contributed by atoms with Gasteiger partial charge in [0.2, 0.25) is 12.6 Å². The van der Waals surface area contributed by atoms with E-state index in [1.54, 1.807) is 6.07 Å². The summed E-state index contributed by atoms with van der Waals surface area (Å²) >= 11 is 0. The van der Waals surface area contributed by atoms with E-state index in [0.29, 0.717) is 38.6 Å². The van der Waals surface area contributed by atoms with E-state index in [-0.39, 0.29) is 35.6 Å². The summed E-state index contributed by atoms with van der Waals surface area (Å²) in [6.45, 7) is 19.9. The molecule has 418 valence electrons. The third kappa shape index (κ3) is 22.3. The fourth-order valence-electron chi connectivity index (χ4n) is 8.53. The van der Waals surface area contributed by atoms with Gasteiger partial charge in [-0.1, -0.05) is 158 Å². The van der Waals surface area contributed by atoms with Gasteiger partial charge in [-0.2, -0.15) is 0 Å². The minimum absolute atomic E-state index is 0.0160. The molecule has 0 aliphatic carbocycles. The second-order valence-electron chi connectivity index (χ2n) is 22.4. The van der Waals surface area contributed by atoms with Gasteiger partial charge in [-0.25, -0.2) is 10.6 Å². The average Bonchev–Trinajstić information content (AvgIpc) is 3.30. The van der Waals surface area contributed by atoms with E-state index in [1.165, 1.54) is 83.2 Å². The van der Waals surface area contributed by atoms with Gasteiger partial charge < -0.3 is 79.3 Å². The zero-order valence-corrected chi connectivity index (χ0v) is 45.4. The van der Waals surface area contributed by atoms with Gasteiger partial charge in [-0.3, -0.25) is 0 Å². The lowest BCUT2D eigenvalue weighted by Gasteiger charge is -2.44. The lowest BCUT2D eigenvalue weighted by Crippen LogP contribution is -2.62. The summed E-state index contributed by atoms with van der Waals surface area (Å²) < 4.78 is 46.4. The Kier molecular flexibility index (Phi) is 28.3. The molecule has 0 aromatic heterocycles. The third-order valence-corrected chi connectivity index (χ3v) is 13.1. The number of aliphatic hydroxyl groups excluding tert-OH is 5. The van der Waals surface area contributed by atoms with Crippen molar-refractivity contribution in [2.24, 2.45) is 17.0 Å². The van der Waals surface area contributed by atoms with E-state index >= 15 is 0 Å². The molecule has 2 heterocycles. The predicted molar refractivity (Wildman–Crippen MR) is 274 cm³/mol. The van der Waals surface area contributed by atoms with Crippen molar-refractivity contribution in [1.82, 2.24) is 5.01 Å². The largest absolute Gasteiger partial charge is 0.507 e. The molecule has 10 N–H and O–H groups in total. The van der Waals surface area contributed by atoms with Crippen LogP contribution in [0.3, 0.4) is 0 Å². The summed E-state index contributed by atoms with van der Waals surface area (Å²) in [5, 5.41) is 66.1. The van der Waals surface area contributed by atoms with Crippen LogP contribution in [0.1, 0.15) is 187 Å². The number of aliphatic hydroxyl groups is 5. The van der Waals surface area contributed by atoms with Crippen molar-refractivity contribution in [1.29, 1.82) is 0 Å². The molecule has 0 spiro atoms. The molecule has 3 rings (SSSR count). The number of ether oxygens (including phenoxy) is 8. The summed E-state index contributed by atoms with van der Waals surface area (Å²) in [5.41, 5.74) is 6.53. The lowest BCUT2D eigenvalue weighted by molar-refractivity contribution is -0.423. The van der Waals surface area contributed by atoms with Crippen molar-refractivity contribution >= 4 is 5.97 Å². The first-order valence-corrected chi connectivity index (χ1v) is 26.8. The summed E-state index contributed by atoms with van der Waals surface area (Å²) in [7, 11) is 0. The van der Waals surface area contributed by atoms with Gasteiger partial charge in [0.15, 0.2) is 12.6 Å². The second kappa shape index (κ2) is 32.0. The first-order valence-electron chi connectivity index (χ1n) is 26.8. The molecule has 2 aliphatic rings. The monoisotopic (exact) mass is 1030 g/mol. The maximum absolute atomic E-state index is 13.4. The Morgan fingerprint density at radius 1 is 0.653 bits per heavy atom. The number of hydrogen-bond acceptors (Lipinski definition) is 18. The van der Waals surface area contributed by atoms with Crippen LogP contribution >= 0.6 is 0 Å². The predicted octanol–water partition coefficient (Wildman–Crippen LogP) is 6.66. The van der Waals surface area contributed by atoms with E-state index in [2.05, 4.69) is 20.8 Å². The number of nitrogens with zero attached hydrogens (tertiary/aromatic N) is 1. The van der Waals surface area contributed by atoms with Crippen molar-refractivity contribution < 1.29 is 73.3 Å². The molecule has 2 saturated heterocycles. The van der Waals surface area contributed by atoms with Crippen LogP contribution in [0, 0.1) is 5.41 Å². The quantitative estimate of drug-likeness (QED) is 0.0155. The smallest absolute Gasteiger partial charge is 0.342 e. The number of benzene rings is 1. The summed E-state index contributed by atoms with van der Waals surface area (Å²) in [6.07, 6.45) is 5.78. The average molecular weight is 1030 g/mol. The maximum atomic E-state index is 13.4. The lowest BCUT2D eigenvalue weighted by atomic mass is 9.79. The molecule has 1 aromatic rings. The fourth-order valence-corrected chi connectivity index (χ4v) is 8.53. The Balaban J connectivity index is 1.56. The molecule has 0 amide bonds. The van der Waals surface area contributed by atoms with Gasteiger partial charge in [0.1, 0.15) is 48.4 Å². The Morgan fingerprint density at radius 3 is 1.69 bits per heavy atom. The molecule has 2 aliphatic heterocycles. The Morgan fingerprint density at radius 2 is 1.17 bits per heavy atom. The first kappa shape index (κ1) is 63.6. The summed E-state index contributed by atoms with van der Waals surface area (Å²) in [5.74, 6) is 5.14. The van der Waals surface area contributed by atoms with E-state index in [1.807, 2.05) is 47.6 Å². The topological polar surface area (TPSA) is 268 Å². The second-order valence-corrected chi connectivity index (χ2v) is 22.4. The molecule has 0 saturated carbocycles. The zero-order chi connectivity index (χ0) is 53.5. The number of nitrogens with two attached hydrogens (primary N) is 2. The van der Waals surface area contributed by atoms with Crippen molar-refractivity contribution in [3.05, 3.63) is 40.7 Å². The van der Waals surface area contributed by atoms with Crippen molar-refractivity contribution in [2.45, 2.75) is 232 Å². The Bertz CT molecular complexity index is 1680. The van der Waals surface area contributed by atoms with Crippen molar-refractivity contribution in [3.63, 3.8) is 0 Å². The highest BCUT2D eigenvalue weighted by atomic mass is 16.8. The molecule has 72 heavy (non-hydrogen) atoms. The number of unbranched alkanes of at least 4 members (excludes halogenated alkanes) is 14. The van der Waals surface area contributed by atoms with Gasteiger partial charge >= 0.3 is 5.97 Å². The first-order chi connectivity index (χ1) is 34.0. The number of carbonyl (C=O) groups is 1. The number of phenols is 1. The number of rotatable bonds is 34. The third-order valence-electron chi connectivity index (χ3n) is 13.1. The van der Waals surface area contributed by atoms with Crippen LogP contribution in [0.25, 0.3) is 0 Å². The number of hydrogen-bond donors (Lipinski definition) is 8. The molecule has 0 bridgehead atoms. The zero-order valence-electron chi connectivity index (χ0n) is 45.4. The van der Waals surface area contributed by atoms with Crippen molar-refractivity contribution in [3.8, 4) is 5.75 Å². The molecular formula is C54H97N3O15. The Labute approximate surface area is 430 Å². The molecule has 18 heteroatoms. The maximum Gasteiger partial charge on any atom is 0.342 e. The number of carbonyl (C=O) groups excluding carboxylic acids is 1. The van der Waals surface area contributed by atoms with Gasteiger partial charge in [-0.05, 0) is 35.3 Å². The van der Waals surface area contributed by atoms with Crippen LogP contribution in [-0.4, -0.2) is 150 Å². The van der Waals surface area contributed by atoms with E-state index < -0.39 is 79.1 Å². The van der Waals surface area contributed by atoms with Crippen LogP contribution in [0.5, 0.6) is 5.75 Å². The van der Waals surface area contributed by atoms with Gasteiger partial charge in [-0.15, -0.1) is 0 Å². The SMILES string of the molecule is CCCCCCCCCCOCC(C)(COCCCCCCCCCC)COC/C(N)=C/N(N)CC1OC(OC2OC(COC(=O)c3cc(C(C)(C)C)cc(C(C)(C)C)c3O)C(O)O[C@H]2O)C(O)C(O)C1O. The van der Waals surface area contributed by atoms with E-state index in [4.69, 9.17) is 49.5 Å². The summed E-state index contributed by atoms with van der Waals surface area (Å²) in [6, 6.07) is 3.41.